The first-order chi connectivity index (χ1) is 11.9. The largest absolute Gasteiger partial charge is 0.399 e. The molecule has 0 bridgehead atoms. The molecule has 2 aromatic carbocycles. The standard InChI is InChI=1S/C14H14N2O8S2/c15-11-5-3-9(13(7-11)25(19,20)21)1-2-10-4-6-12(16(17)18)8-14(10)26(22,23)24/h1-8,17-18H,15H2,(H,19,20,21)(H,22,23,24)/b2-1+. The maximum atomic E-state index is 11.5. The fraction of sp³-hybridized carbons (Fsp3) is 0. The molecule has 0 aromatic heterocycles. The molecule has 0 unspecified atom stereocenters. The Bertz CT molecular complexity index is 1080. The molecule has 6 N–H and O–H groups in total. The van der Waals surface area contributed by atoms with Crippen LogP contribution in [0.15, 0.2) is 46.2 Å². The average molecular weight is 402 g/mol. The first kappa shape index (κ1) is 19.8. The molecular weight excluding hydrogens is 388 g/mol. The Kier molecular flexibility index (Phi) is 5.36. The molecule has 0 aliphatic carbocycles. The third-order valence-electron chi connectivity index (χ3n) is 3.26. The van der Waals surface area contributed by atoms with Gasteiger partial charge in [-0.3, -0.25) is 19.5 Å². The van der Waals surface area contributed by atoms with Crippen molar-refractivity contribution in [3.8, 4) is 0 Å². The van der Waals surface area contributed by atoms with E-state index >= 15 is 0 Å². The highest BCUT2D eigenvalue weighted by molar-refractivity contribution is 7.86. The summed E-state index contributed by atoms with van der Waals surface area (Å²) in [5.41, 5.74) is 5.19. The summed E-state index contributed by atoms with van der Waals surface area (Å²) >= 11 is 0. The molecule has 0 spiro atoms. The predicted molar refractivity (Wildman–Crippen MR) is 91.9 cm³/mol. The number of anilines is 2. The summed E-state index contributed by atoms with van der Waals surface area (Å²) in [6.45, 7) is 0. The summed E-state index contributed by atoms with van der Waals surface area (Å²) in [4.78, 5) is -1.14. The van der Waals surface area contributed by atoms with Gasteiger partial charge in [-0.15, -0.1) is 5.23 Å². The number of nitrogen functional groups attached to an aromatic ring is 1. The van der Waals surface area contributed by atoms with Crippen molar-refractivity contribution in [2.45, 2.75) is 9.79 Å². The molecule has 2 aromatic rings. The summed E-state index contributed by atoms with van der Waals surface area (Å²) in [6, 6.07) is 6.77. The van der Waals surface area contributed by atoms with Gasteiger partial charge in [0.2, 0.25) is 0 Å². The van der Waals surface area contributed by atoms with Gasteiger partial charge in [-0.25, -0.2) is 0 Å². The Morgan fingerprint density at radius 3 is 1.73 bits per heavy atom. The third-order valence-corrected chi connectivity index (χ3v) is 5.08. The van der Waals surface area contributed by atoms with E-state index in [2.05, 4.69) is 0 Å². The van der Waals surface area contributed by atoms with Gasteiger partial charge in [0, 0.05) is 5.69 Å². The molecule has 0 aliphatic heterocycles. The minimum Gasteiger partial charge on any atom is -0.399 e. The lowest BCUT2D eigenvalue weighted by atomic mass is 10.1. The predicted octanol–water partition coefficient (Wildman–Crippen LogP) is 1.52. The minimum atomic E-state index is -4.73. The van der Waals surface area contributed by atoms with Gasteiger partial charge in [-0.2, -0.15) is 16.8 Å². The number of rotatable bonds is 5. The van der Waals surface area contributed by atoms with Gasteiger partial charge in [-0.1, -0.05) is 24.3 Å². The van der Waals surface area contributed by atoms with E-state index < -0.39 is 30.0 Å². The van der Waals surface area contributed by atoms with Crippen LogP contribution in [0.3, 0.4) is 0 Å². The fourth-order valence-electron chi connectivity index (χ4n) is 2.10. The Morgan fingerprint density at radius 1 is 0.808 bits per heavy atom. The molecule has 10 nitrogen and oxygen atoms in total. The van der Waals surface area contributed by atoms with Crippen LogP contribution in [0.1, 0.15) is 11.1 Å². The SMILES string of the molecule is Nc1ccc(/C=C/c2ccc(N(O)O)cc2S(=O)(=O)O)c(S(=O)(=O)O)c1. The van der Waals surface area contributed by atoms with E-state index in [-0.39, 0.29) is 27.7 Å². The first-order valence-electron chi connectivity index (χ1n) is 6.74. The number of hydrogen-bond acceptors (Lipinski definition) is 8. The maximum absolute atomic E-state index is 11.5. The second-order valence-electron chi connectivity index (χ2n) is 5.09. The Hall–Kier alpha value is -2.48. The van der Waals surface area contributed by atoms with Crippen molar-refractivity contribution < 1.29 is 36.4 Å². The van der Waals surface area contributed by atoms with Gasteiger partial charge in [0.1, 0.15) is 9.79 Å². The smallest absolute Gasteiger partial charge is 0.295 e. The monoisotopic (exact) mass is 402 g/mol. The molecule has 0 fully saturated rings. The van der Waals surface area contributed by atoms with Gasteiger partial charge in [0.15, 0.2) is 0 Å². The summed E-state index contributed by atoms with van der Waals surface area (Å²) in [5.74, 6) is 0. The van der Waals surface area contributed by atoms with Crippen LogP contribution in [0.5, 0.6) is 0 Å². The molecule has 0 amide bonds. The van der Waals surface area contributed by atoms with E-state index in [1.807, 2.05) is 0 Å². The number of benzene rings is 2. The van der Waals surface area contributed by atoms with Crippen molar-refractivity contribution in [3.63, 3.8) is 0 Å². The van der Waals surface area contributed by atoms with Gasteiger partial charge in [0.05, 0.1) is 5.69 Å². The van der Waals surface area contributed by atoms with Gasteiger partial charge < -0.3 is 5.73 Å². The number of nitrogens with two attached hydrogens (primary N) is 1. The zero-order valence-electron chi connectivity index (χ0n) is 12.9. The number of hydrogen-bond donors (Lipinski definition) is 5. The van der Waals surface area contributed by atoms with Crippen LogP contribution < -0.4 is 11.0 Å². The van der Waals surface area contributed by atoms with Gasteiger partial charge >= 0.3 is 0 Å². The van der Waals surface area contributed by atoms with Crippen molar-refractivity contribution in [1.29, 1.82) is 0 Å². The zero-order chi connectivity index (χ0) is 19.7. The molecule has 0 radical (unpaired) electrons. The fourth-order valence-corrected chi connectivity index (χ4v) is 3.52. The second-order valence-corrected chi connectivity index (χ2v) is 7.87. The molecule has 0 atom stereocenters. The molecule has 12 heteroatoms. The zero-order valence-corrected chi connectivity index (χ0v) is 14.5. The minimum absolute atomic E-state index is 0.0120. The normalized spacial score (nSPS) is 12.5. The van der Waals surface area contributed by atoms with Crippen molar-refractivity contribution in [3.05, 3.63) is 47.5 Å². The van der Waals surface area contributed by atoms with Crippen LogP contribution >= 0.6 is 0 Å². The molecule has 26 heavy (non-hydrogen) atoms. The highest BCUT2D eigenvalue weighted by Crippen LogP contribution is 2.26. The molecule has 140 valence electrons. The second kappa shape index (κ2) is 7.03. The lowest BCUT2D eigenvalue weighted by Gasteiger charge is -2.11. The molecule has 0 heterocycles. The summed E-state index contributed by atoms with van der Waals surface area (Å²) < 4.78 is 64.4. The maximum Gasteiger partial charge on any atom is 0.295 e. The van der Waals surface area contributed by atoms with Crippen molar-refractivity contribution in [2.75, 3.05) is 11.0 Å². The Morgan fingerprint density at radius 2 is 1.27 bits per heavy atom. The van der Waals surface area contributed by atoms with Crippen LogP contribution in [-0.4, -0.2) is 36.4 Å². The van der Waals surface area contributed by atoms with Crippen molar-refractivity contribution in [2.24, 2.45) is 0 Å². The third kappa shape index (κ3) is 4.57. The molecule has 0 saturated heterocycles. The highest BCUT2D eigenvalue weighted by Gasteiger charge is 2.18. The quantitative estimate of drug-likeness (QED) is 0.213. The summed E-state index contributed by atoms with van der Waals surface area (Å²) in [6.07, 6.45) is 2.34. The summed E-state index contributed by atoms with van der Waals surface area (Å²) in [5, 5.41) is 17.6. The van der Waals surface area contributed by atoms with Crippen LogP contribution in [0.25, 0.3) is 12.2 Å². The molecular formula is C14H14N2O8S2. The Balaban J connectivity index is 2.60. The van der Waals surface area contributed by atoms with Gasteiger partial charge in [0.25, 0.3) is 20.2 Å². The van der Waals surface area contributed by atoms with E-state index in [9.17, 15) is 25.9 Å². The van der Waals surface area contributed by atoms with Crippen LogP contribution in [0, 0.1) is 0 Å². The van der Waals surface area contributed by atoms with Crippen LogP contribution in [0.4, 0.5) is 11.4 Å². The lowest BCUT2D eigenvalue weighted by molar-refractivity contribution is 0.0290. The average Bonchev–Trinajstić information content (AvgIpc) is 2.51. The molecule has 0 aliphatic rings. The lowest BCUT2D eigenvalue weighted by Crippen LogP contribution is -2.12. The van der Waals surface area contributed by atoms with E-state index in [1.54, 1.807) is 0 Å². The molecule has 0 saturated carbocycles. The molecule has 2 rings (SSSR count). The van der Waals surface area contributed by atoms with Gasteiger partial charge in [-0.05, 0) is 35.4 Å². The first-order valence-corrected chi connectivity index (χ1v) is 9.62. The number of nitrogens with zero attached hydrogens (tertiary/aromatic N) is 1. The van der Waals surface area contributed by atoms with E-state index in [1.165, 1.54) is 18.2 Å². The van der Waals surface area contributed by atoms with E-state index in [0.717, 1.165) is 30.3 Å². The van der Waals surface area contributed by atoms with E-state index in [0.29, 0.717) is 0 Å². The highest BCUT2D eigenvalue weighted by atomic mass is 32.2. The summed E-state index contributed by atoms with van der Waals surface area (Å²) in [7, 11) is -9.32. The topological polar surface area (TPSA) is 178 Å². The Labute approximate surface area is 148 Å². The van der Waals surface area contributed by atoms with Crippen LogP contribution in [0.2, 0.25) is 0 Å². The van der Waals surface area contributed by atoms with E-state index in [4.69, 9.17) is 16.1 Å². The van der Waals surface area contributed by atoms with Crippen molar-refractivity contribution >= 4 is 43.8 Å². The van der Waals surface area contributed by atoms with Crippen LogP contribution in [-0.2, 0) is 20.2 Å². The van der Waals surface area contributed by atoms with Crippen molar-refractivity contribution in [1.82, 2.24) is 0 Å².